The van der Waals surface area contributed by atoms with Crippen molar-refractivity contribution >= 4 is 5.69 Å². The standard InChI is InChI=1S/C66H128N/c1-4-7-10-13-16-19-22-25-28-31-34-37-40-43-46-49-52-58-63-67(66-61-56-55-57-62-66,64-59-53-50-47-44-41-38-35-32-29-26-23-20-17-14-11-8-5-2)65-60-54-51-48-45-42-39-36-33-30-27-24-21-18-15-12-9-6-3/h55-57,61-62H,4-54,58-60,63-65H2,1-3H3/q+1. The lowest BCUT2D eigenvalue weighted by Gasteiger charge is -2.39. The lowest BCUT2D eigenvalue weighted by molar-refractivity contribution is 0.252. The van der Waals surface area contributed by atoms with Crippen molar-refractivity contribution in [1.82, 2.24) is 4.48 Å². The Morgan fingerprint density at radius 1 is 0.194 bits per heavy atom. The molecule has 0 bridgehead atoms. The Morgan fingerprint density at radius 3 is 0.507 bits per heavy atom. The van der Waals surface area contributed by atoms with Gasteiger partial charge in [0.2, 0.25) is 0 Å². The van der Waals surface area contributed by atoms with E-state index in [4.69, 9.17) is 0 Å². The van der Waals surface area contributed by atoms with Crippen molar-refractivity contribution in [2.24, 2.45) is 0 Å². The molecule has 0 aliphatic heterocycles. The largest absolute Gasteiger partial charge is 0.291 e. The van der Waals surface area contributed by atoms with Crippen LogP contribution in [-0.2, 0) is 0 Å². The van der Waals surface area contributed by atoms with Crippen LogP contribution in [0.5, 0.6) is 0 Å². The van der Waals surface area contributed by atoms with E-state index in [-0.39, 0.29) is 0 Å². The van der Waals surface area contributed by atoms with E-state index in [2.05, 4.69) is 51.1 Å². The molecule has 0 unspecified atom stereocenters. The van der Waals surface area contributed by atoms with Gasteiger partial charge in [0.1, 0.15) is 5.69 Å². The first-order valence-corrected chi connectivity index (χ1v) is 32.2. The van der Waals surface area contributed by atoms with Gasteiger partial charge in [-0.25, -0.2) is 0 Å². The van der Waals surface area contributed by atoms with E-state index in [1.807, 2.05) is 0 Å². The van der Waals surface area contributed by atoms with Crippen LogP contribution in [-0.4, -0.2) is 19.6 Å². The summed E-state index contributed by atoms with van der Waals surface area (Å²) in [5, 5.41) is 0. The van der Waals surface area contributed by atoms with E-state index in [1.165, 1.54) is 371 Å². The van der Waals surface area contributed by atoms with Crippen molar-refractivity contribution in [3.63, 3.8) is 0 Å². The number of nitrogens with zero attached hydrogens (tertiary/aromatic N) is 1. The third-order valence-corrected chi connectivity index (χ3v) is 16.1. The second kappa shape index (κ2) is 54.5. The highest BCUT2D eigenvalue weighted by Crippen LogP contribution is 2.28. The lowest BCUT2D eigenvalue weighted by Crippen LogP contribution is -2.51. The average Bonchev–Trinajstić information content (AvgIpc) is 3.35. The zero-order valence-corrected chi connectivity index (χ0v) is 47.1. The number of rotatable bonds is 58. The first-order valence-electron chi connectivity index (χ1n) is 32.2. The number of hydrogen-bond donors (Lipinski definition) is 0. The van der Waals surface area contributed by atoms with E-state index in [0.717, 1.165) is 0 Å². The monoisotopic (exact) mass is 935 g/mol. The Balaban J connectivity index is 2.39. The van der Waals surface area contributed by atoms with Crippen LogP contribution in [0.1, 0.15) is 367 Å². The first kappa shape index (κ1) is 64.2. The molecule has 0 amide bonds. The van der Waals surface area contributed by atoms with Crippen LogP contribution in [0.2, 0.25) is 0 Å². The fraction of sp³-hybridized carbons (Fsp3) is 0.909. The minimum absolute atomic E-state index is 1.26. The number of quaternary nitrogens is 1. The second-order valence-electron chi connectivity index (χ2n) is 22.7. The van der Waals surface area contributed by atoms with E-state index >= 15 is 0 Å². The van der Waals surface area contributed by atoms with Gasteiger partial charge in [-0.15, -0.1) is 0 Å². The number of hydrogen-bond acceptors (Lipinski definition) is 0. The summed E-state index contributed by atoms with van der Waals surface area (Å²) >= 11 is 0. The summed E-state index contributed by atoms with van der Waals surface area (Å²) in [6, 6.07) is 11.9. The molecule has 67 heavy (non-hydrogen) atoms. The summed E-state index contributed by atoms with van der Waals surface area (Å²) < 4.78 is 1.26. The number of benzene rings is 1. The van der Waals surface area contributed by atoms with Crippen molar-refractivity contribution in [3.8, 4) is 0 Å². The van der Waals surface area contributed by atoms with Gasteiger partial charge in [-0.1, -0.05) is 347 Å². The third-order valence-electron chi connectivity index (χ3n) is 16.1. The Hall–Kier alpha value is -0.820. The Bertz CT molecular complexity index is 918. The van der Waals surface area contributed by atoms with Crippen molar-refractivity contribution < 1.29 is 0 Å². The van der Waals surface area contributed by atoms with Gasteiger partial charge >= 0.3 is 0 Å². The van der Waals surface area contributed by atoms with Crippen molar-refractivity contribution in [2.75, 3.05) is 19.6 Å². The van der Waals surface area contributed by atoms with Gasteiger partial charge in [-0.05, 0) is 50.7 Å². The molecule has 396 valence electrons. The number of unbranched alkanes of at least 4 members (excludes halogenated alkanes) is 51. The molecule has 0 atom stereocenters. The Labute approximate surface area is 425 Å². The molecule has 0 saturated heterocycles. The molecule has 0 aliphatic carbocycles. The molecule has 1 rings (SSSR count). The molecule has 1 heteroatoms. The minimum atomic E-state index is 1.26. The lowest BCUT2D eigenvalue weighted by atomic mass is 10.0. The molecule has 0 fully saturated rings. The molecule has 0 aromatic heterocycles. The Kier molecular flexibility index (Phi) is 52.2. The molecule has 0 N–H and O–H groups in total. The van der Waals surface area contributed by atoms with Crippen LogP contribution in [0.4, 0.5) is 5.69 Å². The maximum absolute atomic E-state index is 2.50. The van der Waals surface area contributed by atoms with Crippen LogP contribution in [0.15, 0.2) is 30.3 Å². The topological polar surface area (TPSA) is 0 Å². The van der Waals surface area contributed by atoms with Crippen molar-refractivity contribution in [1.29, 1.82) is 0 Å². The van der Waals surface area contributed by atoms with E-state index in [0.29, 0.717) is 0 Å². The zero-order chi connectivity index (χ0) is 47.9. The normalized spacial score (nSPS) is 11.9. The fourth-order valence-electron chi connectivity index (χ4n) is 11.4. The number of para-hydroxylation sites is 1. The van der Waals surface area contributed by atoms with Gasteiger partial charge in [-0.3, -0.25) is 4.48 Å². The highest BCUT2D eigenvalue weighted by Gasteiger charge is 2.29. The Morgan fingerprint density at radius 2 is 0.343 bits per heavy atom. The maximum atomic E-state index is 2.50. The van der Waals surface area contributed by atoms with E-state index < -0.39 is 0 Å². The molecule has 0 aliphatic rings. The van der Waals surface area contributed by atoms with Crippen molar-refractivity contribution in [2.45, 2.75) is 367 Å². The zero-order valence-electron chi connectivity index (χ0n) is 47.1. The molecule has 1 nitrogen and oxygen atoms in total. The van der Waals surface area contributed by atoms with Crippen LogP contribution < -0.4 is 4.48 Å². The summed E-state index contributed by atoms with van der Waals surface area (Å²) in [5.74, 6) is 0. The molecular formula is C66H128N+. The molecule has 1 aromatic rings. The van der Waals surface area contributed by atoms with Gasteiger partial charge < -0.3 is 0 Å². The first-order chi connectivity index (χ1) is 33.3. The molecule has 0 saturated carbocycles. The van der Waals surface area contributed by atoms with Gasteiger partial charge in [0.05, 0.1) is 19.6 Å². The van der Waals surface area contributed by atoms with Crippen LogP contribution in [0.25, 0.3) is 0 Å². The summed E-state index contributed by atoms with van der Waals surface area (Å²) in [4.78, 5) is 0. The summed E-state index contributed by atoms with van der Waals surface area (Å²) in [6.45, 7) is 11.1. The summed E-state index contributed by atoms with van der Waals surface area (Å²) in [7, 11) is 0. The van der Waals surface area contributed by atoms with E-state index in [1.54, 1.807) is 5.69 Å². The molecule has 0 heterocycles. The van der Waals surface area contributed by atoms with Crippen LogP contribution >= 0.6 is 0 Å². The highest BCUT2D eigenvalue weighted by atomic mass is 15.4. The smallest absolute Gasteiger partial charge is 0.132 e. The molecule has 0 radical (unpaired) electrons. The van der Waals surface area contributed by atoms with Gasteiger partial charge in [0.25, 0.3) is 0 Å². The minimum Gasteiger partial charge on any atom is -0.291 e. The van der Waals surface area contributed by atoms with Gasteiger partial charge in [0, 0.05) is 0 Å². The predicted molar refractivity (Wildman–Crippen MR) is 309 cm³/mol. The molecule has 1 aromatic carbocycles. The predicted octanol–water partition coefficient (Wildman–Crippen LogP) is 24.1. The average molecular weight is 936 g/mol. The quantitative estimate of drug-likeness (QED) is 0.0451. The molecule has 0 spiro atoms. The SMILES string of the molecule is CCCCCCCCCCCCCCCCCCCC[N+](CCCCCCCCCCCCCCCCCCCC)(CCCCCCCCCCCCCCCCCCCC)c1ccccc1. The summed E-state index contributed by atoms with van der Waals surface area (Å²) in [5.41, 5.74) is 1.62. The van der Waals surface area contributed by atoms with Gasteiger partial charge in [-0.2, -0.15) is 0 Å². The van der Waals surface area contributed by atoms with Gasteiger partial charge in [0.15, 0.2) is 0 Å². The fourth-order valence-corrected chi connectivity index (χ4v) is 11.4. The summed E-state index contributed by atoms with van der Waals surface area (Å²) in [6.07, 6.45) is 78.8. The van der Waals surface area contributed by atoms with Crippen LogP contribution in [0, 0.1) is 0 Å². The van der Waals surface area contributed by atoms with Crippen molar-refractivity contribution in [3.05, 3.63) is 30.3 Å². The van der Waals surface area contributed by atoms with E-state index in [9.17, 15) is 0 Å². The van der Waals surface area contributed by atoms with Crippen LogP contribution in [0.3, 0.4) is 0 Å². The second-order valence-corrected chi connectivity index (χ2v) is 22.7. The maximum Gasteiger partial charge on any atom is 0.132 e. The molecular weight excluding hydrogens is 807 g/mol. The third kappa shape index (κ3) is 44.8. The highest BCUT2D eigenvalue weighted by molar-refractivity contribution is 5.42.